The van der Waals surface area contributed by atoms with Gasteiger partial charge in [0.15, 0.2) is 0 Å². The van der Waals surface area contributed by atoms with Gasteiger partial charge in [-0.3, -0.25) is 0 Å². The molecule has 5 nitrogen and oxygen atoms in total. The smallest absolute Gasteiger partial charge is 0.231 e. The number of nitrogens with one attached hydrogen (secondary N) is 1. The van der Waals surface area contributed by atoms with Crippen LogP contribution in [0.1, 0.15) is 27.2 Å². The Balaban J connectivity index is 2.16. The quantitative estimate of drug-likeness (QED) is 0.874. The SMILES string of the molecule is CCN(CC)c1nc(Cl)nc(NC2CC2C)n1. The van der Waals surface area contributed by atoms with Crippen LogP contribution in [-0.4, -0.2) is 34.1 Å². The lowest BCUT2D eigenvalue weighted by molar-refractivity contribution is 0.808. The molecule has 1 aromatic rings. The van der Waals surface area contributed by atoms with E-state index in [9.17, 15) is 0 Å². The first-order chi connectivity index (χ1) is 8.13. The fourth-order valence-electron chi connectivity index (χ4n) is 1.74. The van der Waals surface area contributed by atoms with Gasteiger partial charge in [0.1, 0.15) is 0 Å². The summed E-state index contributed by atoms with van der Waals surface area (Å²) < 4.78 is 0. The molecule has 1 fully saturated rings. The van der Waals surface area contributed by atoms with E-state index in [1.54, 1.807) is 0 Å². The van der Waals surface area contributed by atoms with Crippen molar-refractivity contribution in [2.75, 3.05) is 23.3 Å². The minimum atomic E-state index is 0.248. The monoisotopic (exact) mass is 255 g/mol. The lowest BCUT2D eigenvalue weighted by atomic mass is 10.5. The molecule has 1 saturated carbocycles. The lowest BCUT2D eigenvalue weighted by Crippen LogP contribution is -2.25. The van der Waals surface area contributed by atoms with E-state index in [0.29, 0.717) is 23.9 Å². The molecule has 1 heterocycles. The number of anilines is 2. The van der Waals surface area contributed by atoms with Gasteiger partial charge in [-0.15, -0.1) is 0 Å². The Morgan fingerprint density at radius 2 is 1.94 bits per heavy atom. The van der Waals surface area contributed by atoms with Crippen LogP contribution >= 0.6 is 11.6 Å². The normalized spacial score (nSPS) is 22.4. The van der Waals surface area contributed by atoms with E-state index in [1.165, 1.54) is 6.42 Å². The Morgan fingerprint density at radius 3 is 2.47 bits per heavy atom. The van der Waals surface area contributed by atoms with E-state index in [4.69, 9.17) is 11.6 Å². The Bertz CT molecular complexity index is 393. The van der Waals surface area contributed by atoms with Crippen molar-refractivity contribution in [1.82, 2.24) is 15.0 Å². The molecule has 1 aliphatic carbocycles. The maximum Gasteiger partial charge on any atom is 0.231 e. The summed E-state index contributed by atoms with van der Waals surface area (Å²) >= 11 is 5.92. The number of halogens is 1. The minimum Gasteiger partial charge on any atom is -0.351 e. The summed E-state index contributed by atoms with van der Waals surface area (Å²) in [5.74, 6) is 1.93. The van der Waals surface area contributed by atoms with E-state index < -0.39 is 0 Å². The van der Waals surface area contributed by atoms with E-state index in [2.05, 4.69) is 45.9 Å². The summed E-state index contributed by atoms with van der Waals surface area (Å²) in [6, 6.07) is 0.484. The van der Waals surface area contributed by atoms with Gasteiger partial charge in [0.2, 0.25) is 17.2 Å². The first-order valence-corrected chi connectivity index (χ1v) is 6.44. The molecule has 1 aliphatic rings. The maximum absolute atomic E-state index is 5.92. The summed E-state index contributed by atoms with van der Waals surface area (Å²) in [6.07, 6.45) is 1.17. The highest BCUT2D eigenvalue weighted by molar-refractivity contribution is 6.28. The number of hydrogen-bond acceptors (Lipinski definition) is 5. The average molecular weight is 256 g/mol. The second-order valence-electron chi connectivity index (χ2n) is 4.36. The first kappa shape index (κ1) is 12.4. The van der Waals surface area contributed by atoms with Crippen molar-refractivity contribution in [2.24, 2.45) is 5.92 Å². The third kappa shape index (κ3) is 2.97. The molecule has 0 amide bonds. The van der Waals surface area contributed by atoms with Gasteiger partial charge in [-0.25, -0.2) is 0 Å². The molecule has 1 aromatic heterocycles. The molecule has 6 heteroatoms. The molecular weight excluding hydrogens is 238 g/mol. The molecule has 0 saturated heterocycles. The van der Waals surface area contributed by atoms with Gasteiger partial charge in [-0.2, -0.15) is 15.0 Å². The average Bonchev–Trinajstić information content (AvgIpc) is 2.95. The summed E-state index contributed by atoms with van der Waals surface area (Å²) in [6.45, 7) is 8.05. The molecule has 0 aromatic carbocycles. The second-order valence-corrected chi connectivity index (χ2v) is 4.70. The maximum atomic E-state index is 5.92. The number of nitrogens with zero attached hydrogens (tertiary/aromatic N) is 4. The van der Waals surface area contributed by atoms with E-state index in [-0.39, 0.29) is 5.28 Å². The van der Waals surface area contributed by atoms with Crippen LogP contribution < -0.4 is 10.2 Å². The van der Waals surface area contributed by atoms with Crippen LogP contribution in [-0.2, 0) is 0 Å². The van der Waals surface area contributed by atoms with Crippen molar-refractivity contribution in [3.63, 3.8) is 0 Å². The third-order valence-electron chi connectivity index (χ3n) is 3.07. The van der Waals surface area contributed by atoms with Gasteiger partial charge in [-0.1, -0.05) is 6.92 Å². The molecule has 0 aliphatic heterocycles. The molecule has 2 atom stereocenters. The highest BCUT2D eigenvalue weighted by Crippen LogP contribution is 2.32. The van der Waals surface area contributed by atoms with Crippen molar-refractivity contribution >= 4 is 23.5 Å². The molecule has 0 spiro atoms. The summed E-state index contributed by atoms with van der Waals surface area (Å²) in [5.41, 5.74) is 0. The molecule has 0 bridgehead atoms. The van der Waals surface area contributed by atoms with Crippen LogP contribution in [0.3, 0.4) is 0 Å². The van der Waals surface area contributed by atoms with E-state index in [1.807, 2.05) is 0 Å². The molecule has 2 unspecified atom stereocenters. The fraction of sp³-hybridized carbons (Fsp3) is 0.727. The Kier molecular flexibility index (Phi) is 3.66. The fourth-order valence-corrected chi connectivity index (χ4v) is 1.90. The number of rotatable bonds is 5. The van der Waals surface area contributed by atoms with Crippen molar-refractivity contribution < 1.29 is 0 Å². The zero-order chi connectivity index (χ0) is 12.4. The highest BCUT2D eigenvalue weighted by atomic mass is 35.5. The zero-order valence-corrected chi connectivity index (χ0v) is 11.2. The molecule has 1 N–H and O–H groups in total. The Labute approximate surface area is 107 Å². The van der Waals surface area contributed by atoms with Crippen LogP contribution in [0.2, 0.25) is 5.28 Å². The summed E-state index contributed by atoms with van der Waals surface area (Å²) in [5, 5.41) is 3.52. The molecular formula is C11H18ClN5. The molecule has 2 rings (SSSR count). The Hall–Kier alpha value is -1.10. The standard InChI is InChI=1S/C11H18ClN5/c1-4-17(5-2)11-15-9(12)14-10(16-11)13-8-6-7(8)3/h7-8H,4-6H2,1-3H3,(H,13,14,15,16). The van der Waals surface area contributed by atoms with Crippen LogP contribution in [0.25, 0.3) is 0 Å². The van der Waals surface area contributed by atoms with Crippen molar-refractivity contribution in [3.8, 4) is 0 Å². The zero-order valence-electron chi connectivity index (χ0n) is 10.4. The van der Waals surface area contributed by atoms with Crippen LogP contribution in [0.15, 0.2) is 0 Å². The lowest BCUT2D eigenvalue weighted by Gasteiger charge is -2.18. The van der Waals surface area contributed by atoms with Gasteiger partial charge in [-0.05, 0) is 37.8 Å². The van der Waals surface area contributed by atoms with Crippen molar-refractivity contribution in [2.45, 2.75) is 33.2 Å². The van der Waals surface area contributed by atoms with Gasteiger partial charge < -0.3 is 10.2 Å². The minimum absolute atomic E-state index is 0.248. The number of hydrogen-bond donors (Lipinski definition) is 1. The van der Waals surface area contributed by atoms with Gasteiger partial charge in [0.05, 0.1) is 0 Å². The van der Waals surface area contributed by atoms with E-state index in [0.717, 1.165) is 13.1 Å². The first-order valence-electron chi connectivity index (χ1n) is 6.07. The van der Waals surface area contributed by atoms with Crippen LogP contribution in [0.5, 0.6) is 0 Å². The molecule has 17 heavy (non-hydrogen) atoms. The van der Waals surface area contributed by atoms with E-state index >= 15 is 0 Å². The predicted octanol–water partition coefficient (Wildman–Crippen LogP) is 2.19. The second kappa shape index (κ2) is 5.04. The predicted molar refractivity (Wildman–Crippen MR) is 69.6 cm³/mol. The highest BCUT2D eigenvalue weighted by Gasteiger charge is 2.33. The van der Waals surface area contributed by atoms with Gasteiger partial charge in [0.25, 0.3) is 0 Å². The van der Waals surface area contributed by atoms with Crippen LogP contribution in [0, 0.1) is 5.92 Å². The number of aromatic nitrogens is 3. The van der Waals surface area contributed by atoms with Crippen LogP contribution in [0.4, 0.5) is 11.9 Å². The van der Waals surface area contributed by atoms with Gasteiger partial charge in [0, 0.05) is 19.1 Å². The van der Waals surface area contributed by atoms with Crippen molar-refractivity contribution in [3.05, 3.63) is 5.28 Å². The summed E-state index contributed by atoms with van der Waals surface area (Å²) in [7, 11) is 0. The molecule has 0 radical (unpaired) electrons. The Morgan fingerprint density at radius 1 is 1.29 bits per heavy atom. The topological polar surface area (TPSA) is 53.9 Å². The largest absolute Gasteiger partial charge is 0.351 e. The van der Waals surface area contributed by atoms with Crippen molar-refractivity contribution in [1.29, 1.82) is 0 Å². The molecule has 94 valence electrons. The summed E-state index contributed by atoms with van der Waals surface area (Å²) in [4.78, 5) is 14.7. The van der Waals surface area contributed by atoms with Gasteiger partial charge >= 0.3 is 0 Å². The third-order valence-corrected chi connectivity index (χ3v) is 3.24.